The van der Waals surface area contributed by atoms with Crippen molar-refractivity contribution in [2.45, 2.75) is 187 Å². The lowest BCUT2D eigenvalue weighted by molar-refractivity contribution is -0.160. The molecule has 4 heteroatoms. The molecule has 0 N–H and O–H groups in total. The smallest absolute Gasteiger partial charge is 0.312 e. The molecular weight excluding hydrogens is 484 g/mol. The lowest BCUT2D eigenvalue weighted by Gasteiger charge is -2.25. The highest BCUT2D eigenvalue weighted by molar-refractivity contribution is 5.74. The van der Waals surface area contributed by atoms with E-state index in [9.17, 15) is 9.59 Å². The molecule has 0 heterocycles. The van der Waals surface area contributed by atoms with Gasteiger partial charge in [-0.3, -0.25) is 9.59 Å². The van der Waals surface area contributed by atoms with E-state index in [0.717, 1.165) is 38.5 Å². The van der Waals surface area contributed by atoms with Gasteiger partial charge in [-0.2, -0.15) is 0 Å². The van der Waals surface area contributed by atoms with Crippen molar-refractivity contribution < 1.29 is 19.1 Å². The molecule has 39 heavy (non-hydrogen) atoms. The van der Waals surface area contributed by atoms with E-state index in [0.29, 0.717) is 0 Å². The molecule has 0 aliphatic heterocycles. The van der Waals surface area contributed by atoms with Crippen LogP contribution in [-0.4, -0.2) is 25.2 Å². The van der Waals surface area contributed by atoms with E-state index in [1.165, 1.54) is 136 Å². The summed E-state index contributed by atoms with van der Waals surface area (Å²) in [7, 11) is 1.45. The zero-order valence-electron chi connectivity index (χ0n) is 26.6. The molecule has 0 radical (unpaired) electrons. The first-order chi connectivity index (χ1) is 19.1. The molecule has 0 aromatic heterocycles. The van der Waals surface area contributed by atoms with Crippen molar-refractivity contribution >= 4 is 11.9 Å². The van der Waals surface area contributed by atoms with Gasteiger partial charge in [0.2, 0.25) is 0 Å². The number of allylic oxidation sites excluding steroid dienone is 2. The van der Waals surface area contributed by atoms with Gasteiger partial charge in [-0.15, -0.1) is 0 Å². The third kappa shape index (κ3) is 25.4. The molecule has 0 aromatic rings. The quantitative estimate of drug-likeness (QED) is 0.0528. The number of esters is 2. The van der Waals surface area contributed by atoms with E-state index in [1.807, 2.05) is 0 Å². The van der Waals surface area contributed by atoms with E-state index in [-0.39, 0.29) is 24.0 Å². The number of hydrogen-bond donors (Lipinski definition) is 0. The summed E-state index contributed by atoms with van der Waals surface area (Å²) in [6, 6.07) is 0. The predicted molar refractivity (Wildman–Crippen MR) is 167 cm³/mol. The molecule has 0 saturated heterocycles. The molecule has 0 fully saturated rings. The van der Waals surface area contributed by atoms with Crippen molar-refractivity contribution in [2.75, 3.05) is 7.11 Å². The van der Waals surface area contributed by atoms with Crippen LogP contribution >= 0.6 is 0 Å². The Balaban J connectivity index is 4.15. The second-order valence-electron chi connectivity index (χ2n) is 11.6. The molecule has 230 valence electrons. The summed E-state index contributed by atoms with van der Waals surface area (Å²) in [6.45, 7) is 5.97. The number of rotatable bonds is 29. The maximum atomic E-state index is 12.6. The number of methoxy groups -OCH3 is 1. The molecule has 0 bridgehead atoms. The van der Waals surface area contributed by atoms with Gasteiger partial charge in [0.1, 0.15) is 6.10 Å². The van der Waals surface area contributed by atoms with Crippen molar-refractivity contribution in [1.82, 2.24) is 0 Å². The van der Waals surface area contributed by atoms with Crippen LogP contribution in [0.2, 0.25) is 0 Å². The van der Waals surface area contributed by atoms with Crippen LogP contribution in [0.5, 0.6) is 0 Å². The van der Waals surface area contributed by atoms with Crippen molar-refractivity contribution in [3.05, 3.63) is 12.2 Å². The topological polar surface area (TPSA) is 52.6 Å². The van der Waals surface area contributed by atoms with Gasteiger partial charge in [-0.1, -0.05) is 142 Å². The van der Waals surface area contributed by atoms with Crippen LogP contribution < -0.4 is 0 Å². The molecule has 0 aliphatic rings. The van der Waals surface area contributed by atoms with Crippen molar-refractivity contribution in [1.29, 1.82) is 0 Å². The Hall–Kier alpha value is -1.32. The summed E-state index contributed by atoms with van der Waals surface area (Å²) in [5, 5.41) is 0. The number of carbonyl (C=O) groups is 2. The molecule has 0 rings (SSSR count). The van der Waals surface area contributed by atoms with Crippen LogP contribution in [-0.2, 0) is 19.1 Å². The van der Waals surface area contributed by atoms with Crippen molar-refractivity contribution in [3.63, 3.8) is 0 Å². The number of ether oxygens (including phenoxy) is 2. The van der Waals surface area contributed by atoms with Crippen molar-refractivity contribution in [2.24, 2.45) is 5.92 Å². The number of hydrogen-bond acceptors (Lipinski definition) is 4. The Kier molecular flexibility index (Phi) is 28.7. The second kappa shape index (κ2) is 29.7. The van der Waals surface area contributed by atoms with E-state index in [2.05, 4.69) is 26.0 Å². The minimum Gasteiger partial charge on any atom is -0.469 e. The van der Waals surface area contributed by atoms with Crippen LogP contribution in [0.15, 0.2) is 12.2 Å². The fourth-order valence-corrected chi connectivity index (χ4v) is 5.43. The van der Waals surface area contributed by atoms with Crippen LogP contribution in [0.3, 0.4) is 0 Å². The predicted octanol–water partition coefficient (Wildman–Crippen LogP) is 11.1. The second-order valence-corrected chi connectivity index (χ2v) is 11.6. The van der Waals surface area contributed by atoms with Gasteiger partial charge in [-0.25, -0.2) is 0 Å². The Morgan fingerprint density at radius 1 is 0.564 bits per heavy atom. The maximum absolute atomic E-state index is 12.6. The number of carbonyl (C=O) groups excluding carboxylic acids is 2. The SMILES string of the molecule is CCCCCCC=CCCCCCCCC(OC(C)=O)C(CCCCCCCCCCCCCC)C(=O)OC. The Labute approximate surface area is 243 Å². The molecule has 2 atom stereocenters. The number of unbranched alkanes of at least 4 members (excludes halogenated alkanes) is 20. The van der Waals surface area contributed by atoms with E-state index in [4.69, 9.17) is 9.47 Å². The zero-order chi connectivity index (χ0) is 28.8. The van der Waals surface area contributed by atoms with Gasteiger partial charge in [0.25, 0.3) is 0 Å². The summed E-state index contributed by atoms with van der Waals surface area (Å²) in [4.78, 5) is 24.4. The first-order valence-corrected chi connectivity index (χ1v) is 17.0. The summed E-state index contributed by atoms with van der Waals surface area (Å²) in [6.07, 6.45) is 34.8. The molecular formula is C35H66O4. The molecule has 0 spiro atoms. The molecule has 0 aliphatic carbocycles. The van der Waals surface area contributed by atoms with Gasteiger partial charge >= 0.3 is 11.9 Å². The molecule has 4 nitrogen and oxygen atoms in total. The van der Waals surface area contributed by atoms with Gasteiger partial charge in [0.05, 0.1) is 13.0 Å². The fourth-order valence-electron chi connectivity index (χ4n) is 5.43. The van der Waals surface area contributed by atoms with Gasteiger partial charge in [0.15, 0.2) is 0 Å². The monoisotopic (exact) mass is 550 g/mol. The summed E-state index contributed by atoms with van der Waals surface area (Å²) in [5.74, 6) is -0.875. The standard InChI is InChI=1S/C35H66O4/c1-5-7-9-11-13-15-17-19-21-23-25-27-29-31-34(39-32(3)36)33(35(37)38-4)30-28-26-24-22-20-18-16-14-12-10-8-6-2/h15,17,33-34H,5-14,16,18-31H2,1-4H3. The van der Waals surface area contributed by atoms with Crippen LogP contribution in [0.4, 0.5) is 0 Å². The van der Waals surface area contributed by atoms with Crippen molar-refractivity contribution in [3.8, 4) is 0 Å². The highest BCUT2D eigenvalue weighted by Crippen LogP contribution is 2.24. The Bertz CT molecular complexity index is 571. The third-order valence-corrected chi connectivity index (χ3v) is 7.89. The average molecular weight is 551 g/mol. The van der Waals surface area contributed by atoms with E-state index >= 15 is 0 Å². The van der Waals surface area contributed by atoms with Crippen LogP contribution in [0.1, 0.15) is 181 Å². The maximum Gasteiger partial charge on any atom is 0.312 e. The average Bonchev–Trinajstić information content (AvgIpc) is 2.92. The van der Waals surface area contributed by atoms with Gasteiger partial charge < -0.3 is 9.47 Å². The third-order valence-electron chi connectivity index (χ3n) is 7.89. The summed E-state index contributed by atoms with van der Waals surface area (Å²) >= 11 is 0. The summed E-state index contributed by atoms with van der Waals surface area (Å²) < 4.78 is 10.8. The van der Waals surface area contributed by atoms with Gasteiger partial charge in [0, 0.05) is 6.92 Å². The first kappa shape index (κ1) is 37.7. The minimum atomic E-state index is -0.363. The van der Waals surface area contributed by atoms with E-state index in [1.54, 1.807) is 0 Å². The zero-order valence-corrected chi connectivity index (χ0v) is 26.6. The normalized spacial score (nSPS) is 13.0. The highest BCUT2D eigenvalue weighted by atomic mass is 16.6. The molecule has 0 amide bonds. The lowest BCUT2D eigenvalue weighted by Crippen LogP contribution is -2.33. The Morgan fingerprint density at radius 3 is 1.38 bits per heavy atom. The van der Waals surface area contributed by atoms with E-state index < -0.39 is 0 Å². The molecule has 2 unspecified atom stereocenters. The molecule has 0 saturated carbocycles. The lowest BCUT2D eigenvalue weighted by atomic mass is 9.91. The van der Waals surface area contributed by atoms with Crippen LogP contribution in [0.25, 0.3) is 0 Å². The van der Waals surface area contributed by atoms with Gasteiger partial charge in [-0.05, 0) is 44.9 Å². The highest BCUT2D eigenvalue weighted by Gasteiger charge is 2.30. The Morgan fingerprint density at radius 2 is 0.949 bits per heavy atom. The first-order valence-electron chi connectivity index (χ1n) is 17.0. The van der Waals surface area contributed by atoms with Crippen LogP contribution in [0, 0.1) is 5.92 Å². The largest absolute Gasteiger partial charge is 0.469 e. The fraction of sp³-hybridized carbons (Fsp3) is 0.886. The summed E-state index contributed by atoms with van der Waals surface area (Å²) in [5.41, 5.74) is 0. The molecule has 0 aromatic carbocycles. The minimum absolute atomic E-state index is 0.231.